The minimum Gasteiger partial charge on any atom is -0.451 e. The summed E-state index contributed by atoms with van der Waals surface area (Å²) in [6.07, 6.45) is 0.719. The van der Waals surface area contributed by atoms with Crippen LogP contribution in [0, 0.1) is 13.8 Å². The largest absolute Gasteiger partial charge is 0.451 e. The first-order chi connectivity index (χ1) is 13.5. The van der Waals surface area contributed by atoms with E-state index >= 15 is 0 Å². The molecule has 7 nitrogen and oxygen atoms in total. The second-order valence-electron chi connectivity index (χ2n) is 6.36. The van der Waals surface area contributed by atoms with Gasteiger partial charge in [0.15, 0.2) is 12.3 Å². The molecule has 1 heterocycles. The van der Waals surface area contributed by atoms with Gasteiger partial charge in [-0.15, -0.1) is 5.10 Å². The van der Waals surface area contributed by atoms with Gasteiger partial charge in [-0.25, -0.2) is 4.79 Å². The first kappa shape index (κ1) is 19.3. The predicted octanol–water partition coefficient (Wildman–Crippen LogP) is 2.40. The standard InChI is InChI=1S/C21H22N4O3/c1-15-8-6-7-9-17(15)12-13-22-19(26)14-28-21(27)20-16(2)23-25(24-20)18-10-4-3-5-11-18/h3-11H,12-14H2,1-2H3,(H,22,26). The summed E-state index contributed by atoms with van der Waals surface area (Å²) in [5.74, 6) is -1.02. The van der Waals surface area contributed by atoms with Crippen LogP contribution in [0.15, 0.2) is 54.6 Å². The molecule has 0 saturated carbocycles. The summed E-state index contributed by atoms with van der Waals surface area (Å²) in [5.41, 5.74) is 3.62. The summed E-state index contributed by atoms with van der Waals surface area (Å²) in [4.78, 5) is 25.5. The van der Waals surface area contributed by atoms with Crippen molar-refractivity contribution in [2.75, 3.05) is 13.2 Å². The molecule has 1 aromatic heterocycles. The Morgan fingerprint density at radius 1 is 1.00 bits per heavy atom. The molecule has 144 valence electrons. The Morgan fingerprint density at radius 2 is 1.71 bits per heavy atom. The molecule has 3 aromatic rings. The van der Waals surface area contributed by atoms with Crippen molar-refractivity contribution in [2.24, 2.45) is 0 Å². The fraction of sp³-hybridized carbons (Fsp3) is 0.238. The SMILES string of the molecule is Cc1ccccc1CCNC(=O)COC(=O)c1nn(-c2ccccc2)nc1C. The van der Waals surface area contributed by atoms with Crippen LogP contribution in [0.1, 0.15) is 27.3 Å². The Balaban J connectivity index is 1.49. The third-order valence-corrected chi connectivity index (χ3v) is 4.27. The maximum Gasteiger partial charge on any atom is 0.361 e. The van der Waals surface area contributed by atoms with Crippen molar-refractivity contribution in [1.82, 2.24) is 20.3 Å². The molecule has 0 unspecified atom stereocenters. The molecule has 1 amide bonds. The number of amides is 1. The molecule has 1 N–H and O–H groups in total. The van der Waals surface area contributed by atoms with E-state index in [0.717, 1.165) is 12.1 Å². The average molecular weight is 378 g/mol. The van der Waals surface area contributed by atoms with E-state index in [2.05, 4.69) is 15.5 Å². The van der Waals surface area contributed by atoms with Gasteiger partial charge < -0.3 is 10.1 Å². The van der Waals surface area contributed by atoms with Crippen molar-refractivity contribution < 1.29 is 14.3 Å². The molecular formula is C21H22N4O3. The number of rotatable bonds is 7. The molecule has 0 aliphatic rings. The Morgan fingerprint density at radius 3 is 2.46 bits per heavy atom. The average Bonchev–Trinajstić information content (AvgIpc) is 3.10. The topological polar surface area (TPSA) is 86.1 Å². The minimum atomic E-state index is -0.672. The van der Waals surface area contributed by atoms with Crippen LogP contribution in [-0.4, -0.2) is 40.0 Å². The molecule has 0 saturated heterocycles. The molecule has 0 bridgehead atoms. The smallest absolute Gasteiger partial charge is 0.361 e. The maximum atomic E-state index is 12.2. The summed E-state index contributed by atoms with van der Waals surface area (Å²) in [7, 11) is 0. The van der Waals surface area contributed by atoms with Crippen molar-refractivity contribution in [3.05, 3.63) is 77.1 Å². The van der Waals surface area contributed by atoms with Gasteiger partial charge in [0.2, 0.25) is 0 Å². The molecule has 0 aliphatic carbocycles. The molecule has 0 spiro atoms. The van der Waals surface area contributed by atoms with E-state index in [1.165, 1.54) is 15.9 Å². The van der Waals surface area contributed by atoms with Crippen molar-refractivity contribution in [3.63, 3.8) is 0 Å². The molecule has 3 rings (SSSR count). The molecule has 0 atom stereocenters. The number of hydrogen-bond acceptors (Lipinski definition) is 5. The molecule has 7 heteroatoms. The monoisotopic (exact) mass is 378 g/mol. The number of nitrogens with zero attached hydrogens (tertiary/aromatic N) is 3. The lowest BCUT2D eigenvalue weighted by Gasteiger charge is -2.07. The number of nitrogens with one attached hydrogen (secondary N) is 1. The lowest BCUT2D eigenvalue weighted by molar-refractivity contribution is -0.124. The van der Waals surface area contributed by atoms with Crippen LogP contribution in [0.25, 0.3) is 5.69 Å². The van der Waals surface area contributed by atoms with Gasteiger partial charge in [0, 0.05) is 6.54 Å². The zero-order valence-electron chi connectivity index (χ0n) is 15.9. The summed E-state index contributed by atoms with van der Waals surface area (Å²) >= 11 is 0. The summed E-state index contributed by atoms with van der Waals surface area (Å²) in [5, 5.41) is 11.1. The highest BCUT2D eigenvalue weighted by atomic mass is 16.5. The van der Waals surface area contributed by atoms with Crippen LogP contribution < -0.4 is 5.32 Å². The van der Waals surface area contributed by atoms with E-state index in [1.54, 1.807) is 6.92 Å². The van der Waals surface area contributed by atoms with Crippen LogP contribution in [-0.2, 0) is 16.0 Å². The van der Waals surface area contributed by atoms with Crippen LogP contribution >= 0.6 is 0 Å². The molecule has 0 radical (unpaired) electrons. The van der Waals surface area contributed by atoms with Crippen molar-refractivity contribution in [2.45, 2.75) is 20.3 Å². The molecule has 28 heavy (non-hydrogen) atoms. The van der Waals surface area contributed by atoms with E-state index in [4.69, 9.17) is 4.74 Å². The van der Waals surface area contributed by atoms with E-state index in [9.17, 15) is 9.59 Å². The van der Waals surface area contributed by atoms with Gasteiger partial charge in [-0.05, 0) is 43.5 Å². The zero-order valence-corrected chi connectivity index (χ0v) is 15.9. The number of carbonyl (C=O) groups excluding carboxylic acids is 2. The second-order valence-corrected chi connectivity index (χ2v) is 6.36. The summed E-state index contributed by atoms with van der Waals surface area (Å²) < 4.78 is 5.08. The quantitative estimate of drug-likeness (QED) is 0.638. The lowest BCUT2D eigenvalue weighted by Crippen LogP contribution is -2.30. The van der Waals surface area contributed by atoms with Crippen molar-refractivity contribution >= 4 is 11.9 Å². The molecule has 0 fully saturated rings. The van der Waals surface area contributed by atoms with Crippen LogP contribution in [0.4, 0.5) is 0 Å². The number of hydrogen-bond donors (Lipinski definition) is 1. The predicted molar refractivity (Wildman–Crippen MR) is 104 cm³/mol. The lowest BCUT2D eigenvalue weighted by atomic mass is 10.1. The number of para-hydroxylation sites is 1. The van der Waals surface area contributed by atoms with Crippen LogP contribution in [0.3, 0.4) is 0 Å². The fourth-order valence-electron chi connectivity index (χ4n) is 2.72. The maximum absolute atomic E-state index is 12.2. The van der Waals surface area contributed by atoms with Gasteiger partial charge in [-0.2, -0.15) is 9.90 Å². The first-order valence-corrected chi connectivity index (χ1v) is 9.02. The highest BCUT2D eigenvalue weighted by Crippen LogP contribution is 2.09. The fourth-order valence-corrected chi connectivity index (χ4v) is 2.72. The second kappa shape index (κ2) is 8.94. The Labute approximate surface area is 163 Å². The molecule has 2 aromatic carbocycles. The minimum absolute atomic E-state index is 0.0940. The summed E-state index contributed by atoms with van der Waals surface area (Å²) in [6.45, 7) is 3.82. The number of aromatic nitrogens is 3. The number of aryl methyl sites for hydroxylation is 2. The van der Waals surface area contributed by atoms with Crippen molar-refractivity contribution in [1.29, 1.82) is 0 Å². The number of ether oxygens (including phenoxy) is 1. The molecule has 0 aliphatic heterocycles. The van der Waals surface area contributed by atoms with Gasteiger partial charge in [-0.1, -0.05) is 42.5 Å². The van der Waals surface area contributed by atoms with Crippen LogP contribution in [0.5, 0.6) is 0 Å². The number of benzene rings is 2. The van der Waals surface area contributed by atoms with Crippen molar-refractivity contribution in [3.8, 4) is 5.69 Å². The van der Waals surface area contributed by atoms with E-state index < -0.39 is 5.97 Å². The van der Waals surface area contributed by atoms with E-state index in [1.807, 2.05) is 61.5 Å². The Kier molecular flexibility index (Phi) is 6.16. The Bertz CT molecular complexity index is 967. The Hall–Kier alpha value is -3.48. The zero-order chi connectivity index (χ0) is 19.9. The van der Waals surface area contributed by atoms with Gasteiger partial charge in [-0.3, -0.25) is 4.79 Å². The highest BCUT2D eigenvalue weighted by Gasteiger charge is 2.19. The highest BCUT2D eigenvalue weighted by molar-refractivity contribution is 5.90. The number of carbonyl (C=O) groups is 2. The number of esters is 1. The van der Waals surface area contributed by atoms with Crippen LogP contribution in [0.2, 0.25) is 0 Å². The third kappa shape index (κ3) is 4.82. The molecular weight excluding hydrogens is 356 g/mol. The van der Waals surface area contributed by atoms with E-state index in [0.29, 0.717) is 12.2 Å². The van der Waals surface area contributed by atoms with Gasteiger partial charge >= 0.3 is 5.97 Å². The van der Waals surface area contributed by atoms with Gasteiger partial charge in [0.25, 0.3) is 5.91 Å². The van der Waals surface area contributed by atoms with E-state index in [-0.39, 0.29) is 18.2 Å². The van der Waals surface area contributed by atoms with Gasteiger partial charge in [0.05, 0.1) is 11.4 Å². The van der Waals surface area contributed by atoms with Gasteiger partial charge in [0.1, 0.15) is 0 Å². The summed E-state index contributed by atoms with van der Waals surface area (Å²) in [6, 6.07) is 17.3. The third-order valence-electron chi connectivity index (χ3n) is 4.27. The normalized spacial score (nSPS) is 10.5. The first-order valence-electron chi connectivity index (χ1n) is 9.02.